The van der Waals surface area contributed by atoms with E-state index in [2.05, 4.69) is 53.4 Å². The molecule has 0 radical (unpaired) electrons. The van der Waals surface area contributed by atoms with Gasteiger partial charge in [-0.2, -0.15) is 0 Å². The number of fused-ring (bicyclic) bond motifs is 3. The van der Waals surface area contributed by atoms with Crippen molar-refractivity contribution >= 4 is 17.9 Å². The molecule has 8 rings (SSSR count). The molecule has 0 spiro atoms. The largest absolute Gasteiger partial charge is 0.453 e. The number of rotatable bonds is 11. The predicted octanol–water partition coefficient (Wildman–Crippen LogP) is 6.64. The van der Waals surface area contributed by atoms with E-state index < -0.39 is 12.1 Å². The predicted molar refractivity (Wildman–Crippen MR) is 208 cm³/mol. The summed E-state index contributed by atoms with van der Waals surface area (Å²) in [6.07, 6.45) is 13.7. The van der Waals surface area contributed by atoms with E-state index in [1.165, 1.54) is 18.4 Å². The molecule has 2 aromatic heterocycles. The molecule has 292 valence electrons. The number of imidazole rings is 2. The van der Waals surface area contributed by atoms with Crippen molar-refractivity contribution in [2.24, 2.45) is 11.8 Å². The minimum atomic E-state index is -0.646. The lowest BCUT2D eigenvalue weighted by Gasteiger charge is -2.53. The molecule has 3 aromatic rings. The fourth-order valence-corrected chi connectivity index (χ4v) is 10.2. The minimum Gasteiger partial charge on any atom is -0.453 e. The highest BCUT2D eigenvalue weighted by atomic mass is 16.5. The van der Waals surface area contributed by atoms with Crippen molar-refractivity contribution < 1.29 is 19.1 Å². The number of alkyl carbamates (subject to hydrolysis) is 1. The molecule has 2 aliphatic heterocycles. The first-order valence-electron chi connectivity index (χ1n) is 20.2. The van der Waals surface area contributed by atoms with E-state index in [-0.39, 0.29) is 52.6 Å². The molecule has 4 atom stereocenters. The van der Waals surface area contributed by atoms with Crippen LogP contribution in [0.15, 0.2) is 36.7 Å². The molecule has 4 unspecified atom stereocenters. The lowest BCUT2D eigenvalue weighted by Crippen LogP contribution is -2.51. The fraction of sp³-hybridized carbons (Fsp3) is 0.643. The van der Waals surface area contributed by atoms with Crippen LogP contribution in [0.2, 0.25) is 0 Å². The van der Waals surface area contributed by atoms with Crippen molar-refractivity contribution in [1.82, 2.24) is 40.0 Å². The van der Waals surface area contributed by atoms with Crippen molar-refractivity contribution in [2.45, 2.75) is 127 Å². The molecular formula is C42H60N8O4. The van der Waals surface area contributed by atoms with E-state index in [9.17, 15) is 14.4 Å². The van der Waals surface area contributed by atoms with E-state index in [1.54, 1.807) is 0 Å². The van der Waals surface area contributed by atoms with Gasteiger partial charge in [0.1, 0.15) is 17.7 Å². The highest BCUT2D eigenvalue weighted by molar-refractivity contribution is 5.86. The van der Waals surface area contributed by atoms with Gasteiger partial charge in [0, 0.05) is 30.4 Å². The number of likely N-dealkylation sites (tertiary alicyclic amines) is 2. The van der Waals surface area contributed by atoms with Crippen LogP contribution in [0.4, 0.5) is 4.79 Å². The number of aromatic amines is 2. The van der Waals surface area contributed by atoms with Crippen molar-refractivity contribution in [1.29, 1.82) is 0 Å². The van der Waals surface area contributed by atoms with Crippen LogP contribution in [-0.4, -0.2) is 98.9 Å². The number of aromatic nitrogens is 4. The third-order valence-corrected chi connectivity index (χ3v) is 13.4. The summed E-state index contributed by atoms with van der Waals surface area (Å²) in [5.41, 5.74) is 4.98. The molecule has 5 fully saturated rings. The molecule has 2 saturated heterocycles. The zero-order chi connectivity index (χ0) is 38.4. The van der Waals surface area contributed by atoms with Gasteiger partial charge in [0.15, 0.2) is 0 Å². The van der Waals surface area contributed by atoms with Gasteiger partial charge in [-0.3, -0.25) is 14.5 Å². The third-order valence-electron chi connectivity index (χ3n) is 13.4. The highest BCUT2D eigenvalue weighted by Crippen LogP contribution is 2.58. The van der Waals surface area contributed by atoms with E-state index in [1.807, 2.05) is 55.0 Å². The summed E-state index contributed by atoms with van der Waals surface area (Å²) >= 11 is 0. The number of nitrogens with one attached hydrogen (secondary N) is 3. The maximum Gasteiger partial charge on any atom is 0.407 e. The first-order valence-corrected chi connectivity index (χ1v) is 20.2. The highest BCUT2D eigenvalue weighted by Gasteiger charge is 2.51. The summed E-state index contributed by atoms with van der Waals surface area (Å²) < 4.78 is 4.80. The van der Waals surface area contributed by atoms with Gasteiger partial charge in [0.25, 0.3) is 0 Å². The van der Waals surface area contributed by atoms with Gasteiger partial charge in [-0.15, -0.1) is 0 Å². The molecule has 12 nitrogen and oxygen atoms in total. The number of nitrogens with zero attached hydrogens (tertiary/aromatic N) is 5. The third kappa shape index (κ3) is 6.95. The number of carbonyl (C=O) groups excluding carboxylic acids is 3. The van der Waals surface area contributed by atoms with E-state index in [4.69, 9.17) is 14.7 Å². The second-order valence-electron chi connectivity index (χ2n) is 17.4. The average Bonchev–Trinajstić information content (AvgIpc) is 4.00. The van der Waals surface area contributed by atoms with Crippen LogP contribution in [0.3, 0.4) is 0 Å². The minimum absolute atomic E-state index is 0.0199. The Morgan fingerprint density at radius 1 is 0.796 bits per heavy atom. The quantitative estimate of drug-likeness (QED) is 0.200. The molecule has 54 heavy (non-hydrogen) atoms. The van der Waals surface area contributed by atoms with Gasteiger partial charge in [0.2, 0.25) is 11.8 Å². The Bertz CT molecular complexity index is 1780. The van der Waals surface area contributed by atoms with Gasteiger partial charge in [-0.05, 0) is 107 Å². The first-order chi connectivity index (χ1) is 25.9. The van der Waals surface area contributed by atoms with Crippen LogP contribution in [0.25, 0.3) is 11.3 Å². The number of hydrogen-bond donors (Lipinski definition) is 3. The maximum atomic E-state index is 13.7. The van der Waals surface area contributed by atoms with Crippen LogP contribution in [0, 0.1) is 11.8 Å². The number of methoxy groups -OCH3 is 1. The number of likely N-dealkylation sites (N-methyl/N-ethyl adjacent to an activating group) is 1. The van der Waals surface area contributed by atoms with Gasteiger partial charge >= 0.3 is 6.09 Å². The first kappa shape index (κ1) is 38.1. The summed E-state index contributed by atoms with van der Waals surface area (Å²) in [6, 6.07) is 8.18. The molecule has 2 bridgehead atoms. The molecule has 4 heterocycles. The Morgan fingerprint density at radius 2 is 1.35 bits per heavy atom. The summed E-state index contributed by atoms with van der Waals surface area (Å²) in [7, 11) is 5.29. The van der Waals surface area contributed by atoms with Crippen molar-refractivity contribution in [3.8, 4) is 11.3 Å². The molecule has 3 saturated carbocycles. The zero-order valence-corrected chi connectivity index (χ0v) is 33.3. The molecule has 3 amide bonds. The summed E-state index contributed by atoms with van der Waals surface area (Å²) in [4.78, 5) is 62.2. The van der Waals surface area contributed by atoms with Crippen LogP contribution < -0.4 is 5.32 Å². The molecule has 1 aromatic carbocycles. The summed E-state index contributed by atoms with van der Waals surface area (Å²) in [5, 5.41) is 2.74. The number of carbonyl (C=O) groups is 3. The summed E-state index contributed by atoms with van der Waals surface area (Å²) in [5.74, 6) is 2.00. The number of ether oxygens (including phenoxy) is 1. The van der Waals surface area contributed by atoms with E-state index in [0.29, 0.717) is 6.54 Å². The second-order valence-corrected chi connectivity index (χ2v) is 17.4. The molecule has 5 aliphatic rings. The normalized spacial score (nSPS) is 26.6. The second kappa shape index (κ2) is 15.2. The van der Waals surface area contributed by atoms with Gasteiger partial charge in [-0.25, -0.2) is 14.8 Å². The van der Waals surface area contributed by atoms with Gasteiger partial charge in [0.05, 0.1) is 37.1 Å². The van der Waals surface area contributed by atoms with Crippen LogP contribution >= 0.6 is 0 Å². The standard InChI is InChI=1S/C42H60N8O4/c1-26(2)34(47-40(53)54-7)38(51)49-22-8-11-32(49)37-44-25-33(46-37)42-19-16-41(17-20-42,18-21-42)29-14-12-28(13-15-29)30-24-43-36(45-30)31-10-9-23-50(31)39(52)35(27(3)4)48(5)6/h12-15,24-27,31-32,34-35H,8-11,16-23H2,1-7H3,(H,43,45)(H,44,46)(H,47,53). The smallest absolute Gasteiger partial charge is 0.407 e. The molecule has 3 aliphatic carbocycles. The Balaban J connectivity index is 1.000. The van der Waals surface area contributed by atoms with Crippen molar-refractivity contribution in [2.75, 3.05) is 34.3 Å². The Labute approximate surface area is 320 Å². The maximum absolute atomic E-state index is 13.7. The molecule has 3 N–H and O–H groups in total. The van der Waals surface area contributed by atoms with E-state index in [0.717, 1.165) is 93.7 Å². The van der Waals surface area contributed by atoms with Crippen LogP contribution in [0.5, 0.6) is 0 Å². The number of hydrogen-bond acceptors (Lipinski definition) is 7. The fourth-order valence-electron chi connectivity index (χ4n) is 10.2. The topological polar surface area (TPSA) is 140 Å². The summed E-state index contributed by atoms with van der Waals surface area (Å²) in [6.45, 7) is 9.52. The lowest BCUT2D eigenvalue weighted by molar-refractivity contribution is -0.138. The van der Waals surface area contributed by atoms with Crippen LogP contribution in [0.1, 0.15) is 127 Å². The Hall–Kier alpha value is -4.19. The van der Waals surface area contributed by atoms with Crippen molar-refractivity contribution in [3.63, 3.8) is 0 Å². The van der Waals surface area contributed by atoms with E-state index >= 15 is 0 Å². The zero-order valence-electron chi connectivity index (χ0n) is 33.3. The monoisotopic (exact) mass is 740 g/mol. The Morgan fingerprint density at radius 3 is 1.91 bits per heavy atom. The van der Waals surface area contributed by atoms with Crippen LogP contribution in [-0.2, 0) is 25.2 Å². The Kier molecular flexibility index (Phi) is 10.7. The van der Waals surface area contributed by atoms with Gasteiger partial charge in [-0.1, -0.05) is 52.0 Å². The average molecular weight is 741 g/mol. The lowest BCUT2D eigenvalue weighted by atomic mass is 9.51. The number of benzene rings is 1. The molecular weight excluding hydrogens is 681 g/mol. The molecule has 12 heteroatoms. The van der Waals surface area contributed by atoms with Gasteiger partial charge < -0.3 is 29.8 Å². The van der Waals surface area contributed by atoms with Crippen molar-refractivity contribution in [3.05, 3.63) is 59.6 Å². The number of H-pyrrole nitrogens is 2. The number of amides is 3. The SMILES string of the molecule is COC(=O)NC(C(=O)N1CCCC1c1ncc(C23CCC(c4ccc(-c5cnc(C6CCCN6C(=O)C(C(C)C)N(C)C)[nH]5)cc4)(CC2)CC3)[nH]1)C(C)C.